The van der Waals surface area contributed by atoms with Crippen molar-refractivity contribution in [2.45, 2.75) is 45.3 Å². The normalized spacial score (nSPS) is 18.2. The number of likely N-dealkylation sites (tertiary alicyclic amines) is 1. The van der Waals surface area contributed by atoms with Crippen LogP contribution in [-0.4, -0.2) is 29.3 Å². The molecule has 0 atom stereocenters. The molecule has 128 valence electrons. The highest BCUT2D eigenvalue weighted by Crippen LogP contribution is 2.32. The van der Waals surface area contributed by atoms with Crippen LogP contribution in [0.15, 0.2) is 18.2 Å². The van der Waals surface area contributed by atoms with Crippen molar-refractivity contribution in [3.8, 4) is 0 Å². The van der Waals surface area contributed by atoms with Gasteiger partial charge in [0.15, 0.2) is 5.78 Å². The second-order valence-corrected chi connectivity index (χ2v) is 6.99. The topological polar surface area (TPSA) is 20.3 Å². The van der Waals surface area contributed by atoms with E-state index in [0.717, 1.165) is 25.2 Å². The molecule has 23 heavy (non-hydrogen) atoms. The number of piperidine rings is 1. The number of hydrogen-bond donors (Lipinski definition) is 0. The minimum atomic E-state index is -4.61. The summed E-state index contributed by atoms with van der Waals surface area (Å²) in [5, 5.41) is 0. The minimum Gasteiger partial charge on any atom is -0.298 e. The number of halogens is 4. The van der Waals surface area contributed by atoms with Crippen molar-refractivity contribution in [1.29, 1.82) is 0 Å². The average molecular weight is 331 g/mol. The lowest BCUT2D eigenvalue weighted by atomic mass is 9.86. The van der Waals surface area contributed by atoms with Gasteiger partial charge in [0.05, 0.1) is 11.1 Å². The van der Waals surface area contributed by atoms with E-state index in [4.69, 9.17) is 0 Å². The molecule has 0 saturated carbocycles. The molecule has 0 spiro atoms. The summed E-state index contributed by atoms with van der Waals surface area (Å²) in [4.78, 5) is 14.6. The number of alkyl halides is 3. The monoisotopic (exact) mass is 331 g/mol. The average Bonchev–Trinajstić information content (AvgIpc) is 2.45. The van der Waals surface area contributed by atoms with Crippen LogP contribution in [-0.2, 0) is 6.18 Å². The van der Waals surface area contributed by atoms with Crippen molar-refractivity contribution < 1.29 is 22.4 Å². The van der Waals surface area contributed by atoms with Crippen LogP contribution in [0.25, 0.3) is 0 Å². The fourth-order valence-electron chi connectivity index (χ4n) is 2.92. The number of ketones is 1. The van der Waals surface area contributed by atoms with Crippen molar-refractivity contribution in [3.63, 3.8) is 0 Å². The van der Waals surface area contributed by atoms with Crippen LogP contribution < -0.4 is 0 Å². The highest BCUT2D eigenvalue weighted by Gasteiger charge is 2.34. The second-order valence-electron chi connectivity index (χ2n) is 6.99. The molecule has 0 unspecified atom stereocenters. The molecule has 0 bridgehead atoms. The number of hydrogen-bond acceptors (Lipinski definition) is 2. The molecule has 1 aromatic carbocycles. The molecule has 0 aliphatic carbocycles. The van der Waals surface area contributed by atoms with Gasteiger partial charge in [-0.2, -0.15) is 13.2 Å². The van der Waals surface area contributed by atoms with Crippen molar-refractivity contribution in [2.75, 3.05) is 13.1 Å². The van der Waals surface area contributed by atoms with Gasteiger partial charge in [-0.3, -0.25) is 9.69 Å². The lowest BCUT2D eigenvalue weighted by Gasteiger charge is -2.40. The molecule has 0 radical (unpaired) electrons. The van der Waals surface area contributed by atoms with Gasteiger partial charge in [0.25, 0.3) is 0 Å². The summed E-state index contributed by atoms with van der Waals surface area (Å²) in [6, 6.07) is 2.12. The number of Topliss-reactive ketones (excluding diaryl/α,β-unsaturated/α-hetero) is 1. The van der Waals surface area contributed by atoms with E-state index in [-0.39, 0.29) is 17.0 Å². The van der Waals surface area contributed by atoms with Gasteiger partial charge < -0.3 is 0 Å². The van der Waals surface area contributed by atoms with E-state index in [9.17, 15) is 22.4 Å². The lowest BCUT2D eigenvalue weighted by Crippen LogP contribution is -2.47. The van der Waals surface area contributed by atoms with Crippen LogP contribution in [0.4, 0.5) is 17.6 Å². The van der Waals surface area contributed by atoms with Gasteiger partial charge in [-0.25, -0.2) is 4.39 Å². The molecule has 0 amide bonds. The number of nitrogens with zero attached hydrogens (tertiary/aromatic N) is 1. The van der Waals surface area contributed by atoms with Gasteiger partial charge in [-0.05, 0) is 64.9 Å². The lowest BCUT2D eigenvalue weighted by molar-refractivity contribution is -0.137. The SMILES string of the molecule is CC(C)(C)N1CCC(C(=O)c2ccc(C(F)(F)F)cc2F)CC1. The Morgan fingerprint density at radius 1 is 1.13 bits per heavy atom. The van der Waals surface area contributed by atoms with Gasteiger partial charge in [-0.15, -0.1) is 0 Å². The molecule has 0 N–H and O–H groups in total. The van der Waals surface area contributed by atoms with Gasteiger partial charge in [0, 0.05) is 11.5 Å². The third-order valence-corrected chi connectivity index (χ3v) is 4.38. The zero-order valence-corrected chi connectivity index (χ0v) is 13.5. The molecule has 1 saturated heterocycles. The van der Waals surface area contributed by atoms with E-state index in [1.54, 1.807) is 0 Å². The van der Waals surface area contributed by atoms with Crippen LogP contribution in [0, 0.1) is 11.7 Å². The van der Waals surface area contributed by atoms with E-state index >= 15 is 0 Å². The maximum Gasteiger partial charge on any atom is 0.416 e. The molecule has 1 aliphatic heterocycles. The van der Waals surface area contributed by atoms with Gasteiger partial charge in [-0.1, -0.05) is 0 Å². The summed E-state index contributed by atoms with van der Waals surface area (Å²) >= 11 is 0. The molecule has 1 fully saturated rings. The summed E-state index contributed by atoms with van der Waals surface area (Å²) in [5.74, 6) is -1.83. The van der Waals surface area contributed by atoms with Crippen molar-refractivity contribution >= 4 is 5.78 Å². The van der Waals surface area contributed by atoms with E-state index in [1.807, 2.05) is 0 Å². The van der Waals surface area contributed by atoms with Crippen LogP contribution in [0.1, 0.15) is 49.5 Å². The van der Waals surface area contributed by atoms with Crippen LogP contribution >= 0.6 is 0 Å². The standard InChI is InChI=1S/C17H21F4NO/c1-16(2,3)22-8-6-11(7-9-22)15(23)13-5-4-12(10-14(13)18)17(19,20)21/h4-5,10-11H,6-9H2,1-3H3. The van der Waals surface area contributed by atoms with Crippen LogP contribution in [0.2, 0.25) is 0 Å². The summed E-state index contributed by atoms with van der Waals surface area (Å²) in [6.45, 7) is 7.71. The number of benzene rings is 1. The fourth-order valence-corrected chi connectivity index (χ4v) is 2.92. The Morgan fingerprint density at radius 3 is 2.13 bits per heavy atom. The first kappa shape index (κ1) is 17.9. The quantitative estimate of drug-likeness (QED) is 0.586. The molecule has 1 heterocycles. The fraction of sp³-hybridized carbons (Fsp3) is 0.588. The summed E-state index contributed by atoms with van der Waals surface area (Å²) in [5.41, 5.74) is -1.31. The van der Waals surface area contributed by atoms with E-state index in [1.165, 1.54) is 0 Å². The highest BCUT2D eigenvalue weighted by molar-refractivity contribution is 5.98. The van der Waals surface area contributed by atoms with Crippen molar-refractivity contribution in [1.82, 2.24) is 4.90 Å². The zero-order valence-electron chi connectivity index (χ0n) is 13.5. The van der Waals surface area contributed by atoms with Gasteiger partial charge >= 0.3 is 6.18 Å². The zero-order chi connectivity index (χ0) is 17.4. The molecule has 0 aromatic heterocycles. The van der Waals surface area contributed by atoms with Crippen molar-refractivity contribution in [2.24, 2.45) is 5.92 Å². The molecule has 6 heteroatoms. The maximum atomic E-state index is 13.9. The molecule has 2 nitrogen and oxygen atoms in total. The van der Waals surface area contributed by atoms with Crippen LogP contribution in [0.3, 0.4) is 0 Å². The van der Waals surface area contributed by atoms with Gasteiger partial charge in [0.2, 0.25) is 0 Å². The molecule has 2 rings (SSSR count). The predicted molar refractivity (Wildman–Crippen MR) is 79.8 cm³/mol. The molecule has 1 aromatic rings. The summed E-state index contributed by atoms with van der Waals surface area (Å²) in [6.07, 6.45) is -3.42. The Labute approximate surface area is 133 Å². The third kappa shape index (κ3) is 4.10. The molecular weight excluding hydrogens is 310 g/mol. The highest BCUT2D eigenvalue weighted by atomic mass is 19.4. The summed E-state index contributed by atoms with van der Waals surface area (Å²) in [7, 11) is 0. The van der Waals surface area contributed by atoms with E-state index in [2.05, 4.69) is 25.7 Å². The first-order valence-electron chi connectivity index (χ1n) is 7.66. The first-order valence-corrected chi connectivity index (χ1v) is 7.66. The second kappa shape index (κ2) is 6.23. The third-order valence-electron chi connectivity index (χ3n) is 4.38. The number of rotatable bonds is 2. The maximum absolute atomic E-state index is 13.9. The van der Waals surface area contributed by atoms with Gasteiger partial charge in [0.1, 0.15) is 5.82 Å². The first-order chi connectivity index (χ1) is 10.5. The summed E-state index contributed by atoms with van der Waals surface area (Å²) < 4.78 is 51.6. The Balaban J connectivity index is 2.10. The predicted octanol–water partition coefficient (Wildman–Crippen LogP) is 4.54. The van der Waals surface area contributed by atoms with E-state index in [0.29, 0.717) is 18.9 Å². The Bertz CT molecular complexity index is 581. The Kier molecular flexibility index (Phi) is 4.85. The Hall–Kier alpha value is -1.43. The smallest absolute Gasteiger partial charge is 0.298 e. The number of carbonyl (C=O) groups is 1. The molecule has 1 aliphatic rings. The molecular formula is C17H21F4NO. The van der Waals surface area contributed by atoms with E-state index < -0.39 is 23.3 Å². The van der Waals surface area contributed by atoms with Crippen molar-refractivity contribution in [3.05, 3.63) is 35.1 Å². The van der Waals surface area contributed by atoms with Crippen LogP contribution in [0.5, 0.6) is 0 Å². The largest absolute Gasteiger partial charge is 0.416 e. The minimum absolute atomic E-state index is 0.00756. The number of carbonyl (C=O) groups excluding carboxylic acids is 1. The Morgan fingerprint density at radius 2 is 1.70 bits per heavy atom.